The van der Waals surface area contributed by atoms with E-state index in [0.717, 1.165) is 22.8 Å². The Morgan fingerprint density at radius 3 is 2.36 bits per heavy atom. The highest BCUT2D eigenvalue weighted by molar-refractivity contribution is 5.94. The summed E-state index contributed by atoms with van der Waals surface area (Å²) >= 11 is 0. The highest BCUT2D eigenvalue weighted by Crippen LogP contribution is 2.23. The Labute approximate surface area is 166 Å². The molecule has 28 heavy (non-hydrogen) atoms. The van der Waals surface area contributed by atoms with Gasteiger partial charge in [-0.3, -0.25) is 9.69 Å². The highest BCUT2D eigenvalue weighted by atomic mass is 16.5. The Bertz CT molecular complexity index is 861. The summed E-state index contributed by atoms with van der Waals surface area (Å²) in [5.74, 6) is 1.59. The Morgan fingerprint density at radius 2 is 1.75 bits per heavy atom. The van der Waals surface area contributed by atoms with Crippen molar-refractivity contribution < 1.29 is 13.9 Å². The van der Waals surface area contributed by atoms with Crippen molar-refractivity contribution in [2.45, 2.75) is 19.5 Å². The van der Waals surface area contributed by atoms with Crippen molar-refractivity contribution >= 4 is 11.6 Å². The zero-order chi connectivity index (χ0) is 19.9. The molecule has 0 saturated carbocycles. The van der Waals surface area contributed by atoms with Crippen molar-refractivity contribution in [2.24, 2.45) is 0 Å². The van der Waals surface area contributed by atoms with E-state index in [1.54, 1.807) is 18.3 Å². The van der Waals surface area contributed by atoms with Crippen LogP contribution < -0.4 is 9.64 Å². The topological polar surface area (TPSA) is 45.9 Å². The molecule has 5 nitrogen and oxygen atoms in total. The largest absolute Gasteiger partial charge is 0.497 e. The Balaban J connectivity index is 1.72. The highest BCUT2D eigenvalue weighted by Gasteiger charge is 2.21. The van der Waals surface area contributed by atoms with Gasteiger partial charge in [0.15, 0.2) is 0 Å². The summed E-state index contributed by atoms with van der Waals surface area (Å²) in [7, 11) is 3.61. The van der Waals surface area contributed by atoms with Gasteiger partial charge in [0.1, 0.15) is 11.5 Å². The fourth-order valence-electron chi connectivity index (χ4n) is 3.06. The molecule has 1 unspecified atom stereocenters. The lowest BCUT2D eigenvalue weighted by Crippen LogP contribution is -2.39. The minimum atomic E-state index is 0.0189. The second-order valence-corrected chi connectivity index (χ2v) is 6.76. The number of carbonyl (C=O) groups excluding carboxylic acids is 1. The molecule has 5 heteroatoms. The maximum atomic E-state index is 13.1. The monoisotopic (exact) mass is 378 g/mol. The zero-order valence-corrected chi connectivity index (χ0v) is 16.5. The van der Waals surface area contributed by atoms with Crippen LogP contribution in [0.5, 0.6) is 5.75 Å². The van der Waals surface area contributed by atoms with E-state index in [1.807, 2.05) is 78.7 Å². The molecule has 3 rings (SSSR count). The van der Waals surface area contributed by atoms with Crippen LogP contribution in [-0.2, 0) is 11.3 Å². The van der Waals surface area contributed by atoms with Crippen LogP contribution in [0, 0.1) is 0 Å². The maximum absolute atomic E-state index is 13.1. The van der Waals surface area contributed by atoms with Crippen molar-refractivity contribution in [3.8, 4) is 5.75 Å². The SMILES string of the molecule is COc1ccc(C(C)N(C)CC(=O)N(Cc2ccco2)c2ccccc2)cc1. The molecular formula is C23H26N2O3. The third-order valence-corrected chi connectivity index (χ3v) is 4.91. The molecule has 0 bridgehead atoms. The quantitative estimate of drug-likeness (QED) is 0.578. The summed E-state index contributed by atoms with van der Waals surface area (Å²) in [5.41, 5.74) is 1.99. The van der Waals surface area contributed by atoms with Crippen LogP contribution in [0.1, 0.15) is 24.3 Å². The van der Waals surface area contributed by atoms with Gasteiger partial charge in [-0.2, -0.15) is 0 Å². The van der Waals surface area contributed by atoms with E-state index >= 15 is 0 Å². The predicted molar refractivity (Wildman–Crippen MR) is 110 cm³/mol. The van der Waals surface area contributed by atoms with E-state index in [0.29, 0.717) is 13.1 Å². The summed E-state index contributed by atoms with van der Waals surface area (Å²) in [4.78, 5) is 16.9. The van der Waals surface area contributed by atoms with Gasteiger partial charge in [0.25, 0.3) is 0 Å². The number of anilines is 1. The molecule has 3 aromatic rings. The van der Waals surface area contributed by atoms with E-state index < -0.39 is 0 Å². The summed E-state index contributed by atoms with van der Waals surface area (Å²) in [5, 5.41) is 0. The number of ether oxygens (including phenoxy) is 1. The van der Waals surface area contributed by atoms with Crippen LogP contribution >= 0.6 is 0 Å². The first-order valence-corrected chi connectivity index (χ1v) is 9.30. The molecule has 1 aromatic heterocycles. The molecule has 0 radical (unpaired) electrons. The molecule has 0 saturated heterocycles. The van der Waals surface area contributed by atoms with Gasteiger partial charge in [-0.1, -0.05) is 30.3 Å². The molecule has 146 valence electrons. The number of para-hydroxylation sites is 1. The Kier molecular flexibility index (Phi) is 6.50. The summed E-state index contributed by atoms with van der Waals surface area (Å²) in [6.07, 6.45) is 1.63. The van der Waals surface area contributed by atoms with Gasteiger partial charge < -0.3 is 14.1 Å². The van der Waals surface area contributed by atoms with Gasteiger partial charge in [-0.05, 0) is 55.9 Å². The first kappa shape index (κ1) is 19.7. The third kappa shape index (κ3) is 4.81. The summed E-state index contributed by atoms with van der Waals surface area (Å²) < 4.78 is 10.7. The van der Waals surface area contributed by atoms with Gasteiger partial charge in [0.05, 0.1) is 26.5 Å². The number of furan rings is 1. The second-order valence-electron chi connectivity index (χ2n) is 6.76. The van der Waals surface area contributed by atoms with E-state index in [4.69, 9.17) is 9.15 Å². The maximum Gasteiger partial charge on any atom is 0.241 e. The summed E-state index contributed by atoms with van der Waals surface area (Å²) in [6, 6.07) is 21.4. The smallest absolute Gasteiger partial charge is 0.241 e. The average Bonchev–Trinajstić information content (AvgIpc) is 3.25. The number of benzene rings is 2. The molecule has 0 spiro atoms. The van der Waals surface area contributed by atoms with Crippen molar-refractivity contribution in [1.82, 2.24) is 4.90 Å². The lowest BCUT2D eigenvalue weighted by Gasteiger charge is -2.28. The zero-order valence-electron chi connectivity index (χ0n) is 16.5. The molecule has 0 fully saturated rings. The van der Waals surface area contributed by atoms with Crippen LogP contribution in [0.15, 0.2) is 77.4 Å². The van der Waals surface area contributed by atoms with Crippen molar-refractivity contribution in [2.75, 3.05) is 25.6 Å². The average molecular weight is 378 g/mol. The van der Waals surface area contributed by atoms with Gasteiger partial charge in [-0.15, -0.1) is 0 Å². The normalized spacial score (nSPS) is 12.0. The first-order chi connectivity index (χ1) is 13.6. The third-order valence-electron chi connectivity index (χ3n) is 4.91. The molecular weight excluding hydrogens is 352 g/mol. The minimum absolute atomic E-state index is 0.0189. The fourth-order valence-corrected chi connectivity index (χ4v) is 3.06. The number of likely N-dealkylation sites (N-methyl/N-ethyl adjacent to an activating group) is 1. The van der Waals surface area contributed by atoms with Gasteiger partial charge in [0.2, 0.25) is 5.91 Å². The number of hydrogen-bond donors (Lipinski definition) is 0. The van der Waals surface area contributed by atoms with Crippen LogP contribution in [-0.4, -0.2) is 31.5 Å². The van der Waals surface area contributed by atoms with E-state index in [-0.39, 0.29) is 11.9 Å². The van der Waals surface area contributed by atoms with Crippen LogP contribution in [0.25, 0.3) is 0 Å². The molecule has 2 aromatic carbocycles. The Morgan fingerprint density at radius 1 is 1.04 bits per heavy atom. The second kappa shape index (κ2) is 9.24. The van der Waals surface area contributed by atoms with Crippen LogP contribution in [0.4, 0.5) is 5.69 Å². The molecule has 1 atom stereocenters. The molecule has 1 amide bonds. The number of amides is 1. The molecule has 0 N–H and O–H groups in total. The number of hydrogen-bond acceptors (Lipinski definition) is 4. The first-order valence-electron chi connectivity index (χ1n) is 9.30. The number of methoxy groups -OCH3 is 1. The number of carbonyl (C=O) groups is 1. The van der Waals surface area contributed by atoms with E-state index in [2.05, 4.69) is 6.92 Å². The summed E-state index contributed by atoms with van der Waals surface area (Å²) in [6.45, 7) is 2.79. The fraction of sp³-hybridized carbons (Fsp3) is 0.261. The van der Waals surface area contributed by atoms with Crippen LogP contribution in [0.3, 0.4) is 0 Å². The molecule has 0 aliphatic carbocycles. The lowest BCUT2D eigenvalue weighted by atomic mass is 10.1. The number of nitrogens with zero attached hydrogens (tertiary/aromatic N) is 2. The molecule has 1 heterocycles. The van der Waals surface area contributed by atoms with Crippen molar-refractivity contribution in [3.05, 3.63) is 84.3 Å². The van der Waals surface area contributed by atoms with E-state index in [1.165, 1.54) is 0 Å². The standard InChI is InChI=1S/C23H26N2O3/c1-18(19-11-13-21(27-3)14-12-19)24(2)17-23(26)25(16-22-10-7-15-28-22)20-8-5-4-6-9-20/h4-15,18H,16-17H2,1-3H3. The lowest BCUT2D eigenvalue weighted by molar-refractivity contribution is -0.120. The Hall–Kier alpha value is -3.05. The molecule has 0 aliphatic rings. The van der Waals surface area contributed by atoms with Crippen molar-refractivity contribution in [1.29, 1.82) is 0 Å². The van der Waals surface area contributed by atoms with Crippen LogP contribution in [0.2, 0.25) is 0 Å². The number of rotatable bonds is 8. The van der Waals surface area contributed by atoms with Crippen molar-refractivity contribution in [3.63, 3.8) is 0 Å². The molecule has 0 aliphatic heterocycles. The van der Waals surface area contributed by atoms with Gasteiger partial charge in [0, 0.05) is 11.7 Å². The van der Waals surface area contributed by atoms with Gasteiger partial charge in [-0.25, -0.2) is 0 Å². The van der Waals surface area contributed by atoms with E-state index in [9.17, 15) is 4.79 Å². The minimum Gasteiger partial charge on any atom is -0.497 e. The van der Waals surface area contributed by atoms with Gasteiger partial charge >= 0.3 is 0 Å². The predicted octanol–water partition coefficient (Wildman–Crippen LogP) is 4.51.